The van der Waals surface area contributed by atoms with Gasteiger partial charge in [0, 0.05) is 5.02 Å². The van der Waals surface area contributed by atoms with Gasteiger partial charge < -0.3 is 0 Å². The van der Waals surface area contributed by atoms with E-state index in [-0.39, 0.29) is 0 Å². The van der Waals surface area contributed by atoms with E-state index in [2.05, 4.69) is 19.1 Å². The lowest BCUT2D eigenvalue weighted by Gasteiger charge is -1.99. The number of aryl methyl sites for hydroxylation is 1. The minimum absolute atomic E-state index is 0.828. The van der Waals surface area contributed by atoms with Gasteiger partial charge in [-0.25, -0.2) is 0 Å². The van der Waals surface area contributed by atoms with Crippen LogP contribution in [0.5, 0.6) is 0 Å². The molecule has 0 bridgehead atoms. The van der Waals surface area contributed by atoms with Crippen LogP contribution in [0.3, 0.4) is 0 Å². The van der Waals surface area contributed by atoms with E-state index in [1.54, 1.807) is 0 Å². The zero-order valence-electron chi connectivity index (χ0n) is 9.52. The summed E-state index contributed by atoms with van der Waals surface area (Å²) in [5, 5.41) is 0.828. The van der Waals surface area contributed by atoms with E-state index in [0.717, 1.165) is 5.02 Å². The molecule has 0 atom stereocenters. The summed E-state index contributed by atoms with van der Waals surface area (Å²) < 4.78 is 0. The number of unbranched alkanes of at least 4 members (excludes halogenated alkanes) is 2. The van der Waals surface area contributed by atoms with Gasteiger partial charge in [-0.05, 0) is 30.5 Å². The molecule has 1 heteroatoms. The molecular formula is C13H21Cl. The lowest BCUT2D eigenvalue weighted by molar-refractivity contribution is 0.717. The summed E-state index contributed by atoms with van der Waals surface area (Å²) in [6.07, 6.45) is 5.08. The Morgan fingerprint density at radius 2 is 1.57 bits per heavy atom. The lowest BCUT2D eigenvalue weighted by Crippen LogP contribution is -1.83. The van der Waals surface area contributed by atoms with Gasteiger partial charge in [0.2, 0.25) is 0 Å². The largest absolute Gasteiger partial charge is 0.0843 e. The van der Waals surface area contributed by atoms with Crippen LogP contribution in [-0.2, 0) is 6.42 Å². The zero-order valence-corrected chi connectivity index (χ0v) is 10.3. The minimum atomic E-state index is 0.828. The molecule has 80 valence electrons. The zero-order chi connectivity index (χ0) is 10.8. The van der Waals surface area contributed by atoms with E-state index in [4.69, 9.17) is 11.6 Å². The smallest absolute Gasteiger partial charge is 0.0406 e. The summed E-state index contributed by atoms with van der Waals surface area (Å²) in [6.45, 7) is 6.22. The second kappa shape index (κ2) is 9.08. The van der Waals surface area contributed by atoms with Gasteiger partial charge in [0.25, 0.3) is 0 Å². The highest BCUT2D eigenvalue weighted by Gasteiger charge is 1.92. The average molecular weight is 213 g/mol. The van der Waals surface area contributed by atoms with Gasteiger partial charge in [-0.1, -0.05) is 57.3 Å². The third-order valence-electron chi connectivity index (χ3n) is 1.98. The van der Waals surface area contributed by atoms with Crippen molar-refractivity contribution < 1.29 is 0 Å². The molecule has 0 aliphatic carbocycles. The SMILES string of the molecule is CC.CCCCCc1ccc(Cl)cc1. The van der Waals surface area contributed by atoms with Crippen LogP contribution in [-0.4, -0.2) is 0 Å². The molecule has 0 heterocycles. The molecule has 0 aliphatic rings. The molecule has 1 rings (SSSR count). The summed E-state index contributed by atoms with van der Waals surface area (Å²) >= 11 is 5.77. The fourth-order valence-electron chi connectivity index (χ4n) is 1.23. The Hall–Kier alpha value is -0.490. The topological polar surface area (TPSA) is 0 Å². The van der Waals surface area contributed by atoms with Gasteiger partial charge >= 0.3 is 0 Å². The fourth-order valence-corrected chi connectivity index (χ4v) is 1.36. The lowest BCUT2D eigenvalue weighted by atomic mass is 10.1. The standard InChI is InChI=1S/C11H15Cl.C2H6/c1-2-3-4-5-10-6-8-11(12)9-7-10;1-2/h6-9H,2-5H2,1H3;1-2H3. The normalized spacial score (nSPS) is 9.14. The van der Waals surface area contributed by atoms with Gasteiger partial charge in [0.15, 0.2) is 0 Å². The van der Waals surface area contributed by atoms with Crippen LogP contribution in [0.4, 0.5) is 0 Å². The van der Waals surface area contributed by atoms with Crippen LogP contribution in [0, 0.1) is 0 Å². The van der Waals surface area contributed by atoms with Crippen molar-refractivity contribution in [2.45, 2.75) is 46.5 Å². The number of halogens is 1. The van der Waals surface area contributed by atoms with E-state index in [1.165, 1.54) is 31.2 Å². The Morgan fingerprint density at radius 3 is 2.07 bits per heavy atom. The van der Waals surface area contributed by atoms with Gasteiger partial charge in [-0.15, -0.1) is 0 Å². The van der Waals surface area contributed by atoms with E-state index in [1.807, 2.05) is 26.0 Å². The number of benzene rings is 1. The van der Waals surface area contributed by atoms with Crippen LogP contribution >= 0.6 is 11.6 Å². The highest BCUT2D eigenvalue weighted by Crippen LogP contribution is 2.11. The molecule has 0 amide bonds. The number of hydrogen-bond donors (Lipinski definition) is 0. The molecule has 0 aromatic heterocycles. The predicted molar refractivity (Wildman–Crippen MR) is 66.0 cm³/mol. The summed E-state index contributed by atoms with van der Waals surface area (Å²) in [5.41, 5.74) is 1.40. The van der Waals surface area contributed by atoms with E-state index >= 15 is 0 Å². The molecule has 0 fully saturated rings. The van der Waals surface area contributed by atoms with Crippen molar-refractivity contribution in [3.05, 3.63) is 34.9 Å². The quantitative estimate of drug-likeness (QED) is 0.610. The summed E-state index contributed by atoms with van der Waals surface area (Å²) in [7, 11) is 0. The van der Waals surface area contributed by atoms with Gasteiger partial charge in [-0.2, -0.15) is 0 Å². The molecule has 1 aromatic rings. The van der Waals surface area contributed by atoms with E-state index < -0.39 is 0 Å². The number of hydrogen-bond acceptors (Lipinski definition) is 0. The molecule has 0 spiro atoms. The fraction of sp³-hybridized carbons (Fsp3) is 0.538. The third-order valence-corrected chi connectivity index (χ3v) is 2.23. The average Bonchev–Trinajstić information content (AvgIpc) is 2.24. The van der Waals surface area contributed by atoms with Crippen molar-refractivity contribution in [3.8, 4) is 0 Å². The monoisotopic (exact) mass is 212 g/mol. The Morgan fingerprint density at radius 1 is 1.00 bits per heavy atom. The van der Waals surface area contributed by atoms with Crippen LogP contribution in [0.15, 0.2) is 24.3 Å². The minimum Gasteiger partial charge on any atom is -0.0843 e. The molecule has 0 saturated carbocycles. The Labute approximate surface area is 93.3 Å². The molecule has 0 unspecified atom stereocenters. The van der Waals surface area contributed by atoms with E-state index in [9.17, 15) is 0 Å². The maximum absolute atomic E-state index is 5.77. The van der Waals surface area contributed by atoms with Gasteiger partial charge in [0.1, 0.15) is 0 Å². The summed E-state index contributed by atoms with van der Waals surface area (Å²) in [4.78, 5) is 0. The Bertz CT molecular complexity index is 213. The highest BCUT2D eigenvalue weighted by molar-refractivity contribution is 6.30. The maximum atomic E-state index is 5.77. The summed E-state index contributed by atoms with van der Waals surface area (Å²) in [6, 6.07) is 8.14. The molecule has 1 aromatic carbocycles. The number of rotatable bonds is 4. The molecule has 14 heavy (non-hydrogen) atoms. The first kappa shape index (κ1) is 13.5. The first-order chi connectivity index (χ1) is 6.83. The second-order valence-electron chi connectivity index (χ2n) is 3.08. The molecule has 0 aliphatic heterocycles. The van der Waals surface area contributed by atoms with Gasteiger partial charge in [0.05, 0.1) is 0 Å². The third kappa shape index (κ3) is 6.04. The predicted octanol–water partition coefficient (Wildman–Crippen LogP) is 5.10. The Balaban J connectivity index is 0.000000791. The highest BCUT2D eigenvalue weighted by atomic mass is 35.5. The molecule has 0 nitrogen and oxygen atoms in total. The van der Waals surface area contributed by atoms with Crippen molar-refractivity contribution in [2.75, 3.05) is 0 Å². The molecule has 0 saturated heterocycles. The molecule has 0 radical (unpaired) electrons. The van der Waals surface area contributed by atoms with Crippen molar-refractivity contribution >= 4 is 11.6 Å². The summed E-state index contributed by atoms with van der Waals surface area (Å²) in [5.74, 6) is 0. The van der Waals surface area contributed by atoms with Crippen LogP contribution < -0.4 is 0 Å². The van der Waals surface area contributed by atoms with Crippen LogP contribution in [0.2, 0.25) is 5.02 Å². The molecule has 0 N–H and O–H groups in total. The van der Waals surface area contributed by atoms with E-state index in [0.29, 0.717) is 0 Å². The van der Waals surface area contributed by atoms with Gasteiger partial charge in [-0.3, -0.25) is 0 Å². The Kier molecular flexibility index (Phi) is 8.76. The van der Waals surface area contributed by atoms with Crippen LogP contribution in [0.25, 0.3) is 0 Å². The first-order valence-electron chi connectivity index (χ1n) is 5.57. The van der Waals surface area contributed by atoms with Crippen molar-refractivity contribution in [2.24, 2.45) is 0 Å². The van der Waals surface area contributed by atoms with Crippen molar-refractivity contribution in [3.63, 3.8) is 0 Å². The van der Waals surface area contributed by atoms with Crippen molar-refractivity contribution in [1.29, 1.82) is 0 Å². The second-order valence-corrected chi connectivity index (χ2v) is 3.52. The van der Waals surface area contributed by atoms with Crippen molar-refractivity contribution in [1.82, 2.24) is 0 Å². The first-order valence-corrected chi connectivity index (χ1v) is 5.95. The maximum Gasteiger partial charge on any atom is 0.0406 e. The van der Waals surface area contributed by atoms with Crippen LogP contribution in [0.1, 0.15) is 45.6 Å². The molecular weight excluding hydrogens is 192 g/mol.